The first-order valence-electron chi connectivity index (χ1n) is 12.4. The molecule has 0 heterocycles. The summed E-state index contributed by atoms with van der Waals surface area (Å²) in [7, 11) is -1.87. The molecule has 0 radical (unpaired) electrons. The molecule has 0 aliphatic heterocycles. The highest BCUT2D eigenvalue weighted by molar-refractivity contribution is 6.91. The van der Waals surface area contributed by atoms with Gasteiger partial charge < -0.3 is 4.74 Å². The standard InChI is InChI=1S/C30H42OSi/c1-20-19-24-22-14-11-10-13-21(22)17-18-23(24)28(20)32(8,9)26-16-12-15-25(29(2,3)4)27(26)31-30(5,6)7/h10-18,20,23-24,28H,19H2,1-9H3. The van der Waals surface area contributed by atoms with Crippen molar-refractivity contribution < 1.29 is 4.74 Å². The van der Waals surface area contributed by atoms with Crippen LogP contribution in [0.25, 0.3) is 6.08 Å². The van der Waals surface area contributed by atoms with Gasteiger partial charge in [-0.25, -0.2) is 0 Å². The maximum atomic E-state index is 6.78. The third-order valence-corrected chi connectivity index (χ3v) is 12.2. The molecule has 2 aliphatic carbocycles. The molecule has 0 bridgehead atoms. The maximum Gasteiger partial charge on any atom is 0.123 e. The van der Waals surface area contributed by atoms with Gasteiger partial charge in [-0.1, -0.05) is 95.4 Å². The molecule has 0 amide bonds. The molecule has 32 heavy (non-hydrogen) atoms. The molecule has 0 aromatic heterocycles. The molecular weight excluding hydrogens is 404 g/mol. The summed E-state index contributed by atoms with van der Waals surface area (Å²) in [4.78, 5) is 0. The topological polar surface area (TPSA) is 9.23 Å². The first-order chi connectivity index (χ1) is 14.8. The fraction of sp³-hybridized carbons (Fsp3) is 0.533. The van der Waals surface area contributed by atoms with Gasteiger partial charge in [0.1, 0.15) is 11.4 Å². The predicted molar refractivity (Wildman–Crippen MR) is 142 cm³/mol. The van der Waals surface area contributed by atoms with Crippen LogP contribution in [0.3, 0.4) is 0 Å². The third kappa shape index (κ3) is 4.11. The van der Waals surface area contributed by atoms with E-state index in [1.165, 1.54) is 28.5 Å². The van der Waals surface area contributed by atoms with Crippen molar-refractivity contribution in [3.05, 3.63) is 65.2 Å². The summed E-state index contributed by atoms with van der Waals surface area (Å²) >= 11 is 0. The Morgan fingerprint density at radius 2 is 1.59 bits per heavy atom. The van der Waals surface area contributed by atoms with E-state index in [1.54, 1.807) is 5.56 Å². The van der Waals surface area contributed by atoms with Crippen LogP contribution in [0.5, 0.6) is 5.75 Å². The van der Waals surface area contributed by atoms with Gasteiger partial charge in [0.05, 0.1) is 8.07 Å². The van der Waals surface area contributed by atoms with E-state index in [0.717, 1.165) is 0 Å². The number of para-hydroxylation sites is 1. The van der Waals surface area contributed by atoms with Crippen molar-refractivity contribution in [2.45, 2.75) is 90.5 Å². The van der Waals surface area contributed by atoms with E-state index in [-0.39, 0.29) is 11.0 Å². The highest BCUT2D eigenvalue weighted by Crippen LogP contribution is 2.57. The Morgan fingerprint density at radius 1 is 0.906 bits per heavy atom. The van der Waals surface area contributed by atoms with Crippen LogP contribution in [0.2, 0.25) is 18.6 Å². The normalized spacial score (nSPS) is 25.4. The van der Waals surface area contributed by atoms with E-state index in [1.807, 2.05) is 0 Å². The van der Waals surface area contributed by atoms with Gasteiger partial charge in [0.15, 0.2) is 0 Å². The lowest BCUT2D eigenvalue weighted by Gasteiger charge is -2.41. The maximum absolute atomic E-state index is 6.78. The Balaban J connectivity index is 1.82. The van der Waals surface area contributed by atoms with Gasteiger partial charge in [-0.2, -0.15) is 0 Å². The summed E-state index contributed by atoms with van der Waals surface area (Å²) in [6.45, 7) is 21.2. The van der Waals surface area contributed by atoms with Gasteiger partial charge in [0.25, 0.3) is 0 Å². The highest BCUT2D eigenvalue weighted by atomic mass is 28.3. The third-order valence-electron chi connectivity index (χ3n) is 7.77. The van der Waals surface area contributed by atoms with Gasteiger partial charge in [0, 0.05) is 0 Å². The summed E-state index contributed by atoms with van der Waals surface area (Å²) in [5.74, 6) is 3.16. The predicted octanol–water partition coefficient (Wildman–Crippen LogP) is 7.91. The van der Waals surface area contributed by atoms with Crippen LogP contribution in [0.15, 0.2) is 48.5 Å². The fourth-order valence-corrected chi connectivity index (χ4v) is 11.1. The minimum absolute atomic E-state index is 0.0502. The average Bonchev–Trinajstić information content (AvgIpc) is 3.03. The van der Waals surface area contributed by atoms with Gasteiger partial charge in [0.2, 0.25) is 0 Å². The number of allylic oxidation sites excluding steroid dienone is 1. The number of benzene rings is 2. The number of hydrogen-bond acceptors (Lipinski definition) is 1. The van der Waals surface area contributed by atoms with Crippen molar-refractivity contribution in [2.75, 3.05) is 0 Å². The molecule has 2 aromatic carbocycles. The molecule has 1 nitrogen and oxygen atoms in total. The van der Waals surface area contributed by atoms with Crippen LogP contribution in [-0.4, -0.2) is 13.7 Å². The SMILES string of the molecule is CC1CC2c3ccccc3C=CC2C1[Si](C)(C)c1cccc(C(C)(C)C)c1OC(C)(C)C. The lowest BCUT2D eigenvalue weighted by molar-refractivity contribution is 0.129. The molecule has 4 rings (SSSR count). The highest BCUT2D eigenvalue weighted by Gasteiger charge is 2.51. The Bertz CT molecular complexity index is 1020. The van der Waals surface area contributed by atoms with Gasteiger partial charge in [-0.3, -0.25) is 0 Å². The molecule has 0 saturated heterocycles. The molecule has 4 unspecified atom stereocenters. The molecule has 2 aliphatic rings. The molecule has 2 aromatic rings. The molecule has 4 atom stereocenters. The summed E-state index contributed by atoms with van der Waals surface area (Å²) in [5, 5.41) is 1.50. The Morgan fingerprint density at radius 3 is 2.25 bits per heavy atom. The second kappa shape index (κ2) is 7.90. The monoisotopic (exact) mass is 446 g/mol. The van der Waals surface area contributed by atoms with Gasteiger partial charge in [-0.15, -0.1) is 0 Å². The number of hydrogen-bond donors (Lipinski definition) is 0. The van der Waals surface area contributed by atoms with E-state index in [2.05, 4.69) is 116 Å². The van der Waals surface area contributed by atoms with Crippen molar-refractivity contribution in [3.63, 3.8) is 0 Å². The van der Waals surface area contributed by atoms with Crippen LogP contribution < -0.4 is 9.92 Å². The van der Waals surface area contributed by atoms with E-state index >= 15 is 0 Å². The second-order valence-corrected chi connectivity index (χ2v) is 17.4. The smallest absolute Gasteiger partial charge is 0.123 e. The molecule has 2 heteroatoms. The Kier molecular flexibility index (Phi) is 5.77. The van der Waals surface area contributed by atoms with Crippen LogP contribution in [0, 0.1) is 11.8 Å². The molecule has 172 valence electrons. The molecule has 0 spiro atoms. The second-order valence-electron chi connectivity index (χ2n) is 12.8. The summed E-state index contributed by atoms with van der Waals surface area (Å²) < 4.78 is 6.78. The van der Waals surface area contributed by atoms with Gasteiger partial charge in [-0.05, 0) is 77.8 Å². The number of ether oxygens (including phenoxy) is 1. The first kappa shape index (κ1) is 23.4. The first-order valence-corrected chi connectivity index (χ1v) is 15.5. The summed E-state index contributed by atoms with van der Waals surface area (Å²) in [6, 6.07) is 16.0. The minimum atomic E-state index is -1.87. The van der Waals surface area contributed by atoms with E-state index in [4.69, 9.17) is 4.74 Å². The zero-order chi connectivity index (χ0) is 23.5. The van der Waals surface area contributed by atoms with Crippen molar-refractivity contribution in [2.24, 2.45) is 11.8 Å². The Hall–Kier alpha value is -1.80. The Labute approximate surface area is 197 Å². The van der Waals surface area contributed by atoms with E-state index < -0.39 is 8.07 Å². The molecular formula is C30H42OSi. The minimum Gasteiger partial charge on any atom is -0.488 e. The lowest BCUT2D eigenvalue weighted by atomic mass is 9.81. The van der Waals surface area contributed by atoms with Crippen LogP contribution in [-0.2, 0) is 5.41 Å². The zero-order valence-corrected chi connectivity index (χ0v) is 22.6. The van der Waals surface area contributed by atoms with E-state index in [0.29, 0.717) is 23.3 Å². The summed E-state index contributed by atoms with van der Waals surface area (Å²) in [5.41, 5.74) is 4.87. The van der Waals surface area contributed by atoms with Crippen molar-refractivity contribution in [3.8, 4) is 5.75 Å². The van der Waals surface area contributed by atoms with Crippen LogP contribution in [0.4, 0.5) is 0 Å². The number of rotatable bonds is 3. The summed E-state index contributed by atoms with van der Waals surface area (Å²) in [6.07, 6.45) is 6.24. The lowest BCUT2D eigenvalue weighted by Crippen LogP contribution is -2.50. The van der Waals surface area contributed by atoms with E-state index in [9.17, 15) is 0 Å². The average molecular weight is 447 g/mol. The van der Waals surface area contributed by atoms with Gasteiger partial charge >= 0.3 is 0 Å². The van der Waals surface area contributed by atoms with Crippen LogP contribution in [0.1, 0.15) is 77.5 Å². The fourth-order valence-electron chi connectivity index (χ4n) is 6.56. The quantitative estimate of drug-likeness (QED) is 0.435. The number of fused-ring (bicyclic) bond motifs is 3. The zero-order valence-electron chi connectivity index (χ0n) is 21.6. The van der Waals surface area contributed by atoms with Crippen molar-refractivity contribution in [1.82, 2.24) is 0 Å². The van der Waals surface area contributed by atoms with Crippen molar-refractivity contribution >= 4 is 19.3 Å². The van der Waals surface area contributed by atoms with Crippen molar-refractivity contribution in [1.29, 1.82) is 0 Å². The van der Waals surface area contributed by atoms with Crippen LogP contribution >= 0.6 is 0 Å². The largest absolute Gasteiger partial charge is 0.488 e. The molecule has 0 N–H and O–H groups in total. The molecule has 1 fully saturated rings. The molecule has 1 saturated carbocycles.